The molecule has 0 aromatic rings. The Hall–Kier alpha value is 0. The molecular formula is C26H53. The quantitative estimate of drug-likeness (QED) is 0.177. The molecule has 0 aromatic carbocycles. The predicted molar refractivity (Wildman–Crippen MR) is 122 cm³/mol. The standard InChI is InChI=1S/C26H53/c1-5-9-13-14-15-19-23-26(22-18-12-8-4)24-25(20-16-10-6-2)21-17-11-7-3/h24-26H,5-23H2,1-4H3. The molecule has 1 unspecified atom stereocenters. The largest absolute Gasteiger partial charge is 0.0654 e. The van der Waals surface area contributed by atoms with Gasteiger partial charge in [-0.25, -0.2) is 0 Å². The van der Waals surface area contributed by atoms with Crippen molar-refractivity contribution in [3.05, 3.63) is 6.42 Å². The van der Waals surface area contributed by atoms with Crippen molar-refractivity contribution in [2.75, 3.05) is 0 Å². The van der Waals surface area contributed by atoms with Gasteiger partial charge in [0.15, 0.2) is 0 Å². The second-order valence-electron chi connectivity index (χ2n) is 8.76. The first-order chi connectivity index (χ1) is 12.8. The lowest BCUT2D eigenvalue weighted by Crippen LogP contribution is -2.11. The van der Waals surface area contributed by atoms with E-state index >= 15 is 0 Å². The topological polar surface area (TPSA) is 0 Å². The molecule has 0 heterocycles. The van der Waals surface area contributed by atoms with Gasteiger partial charge in [-0.15, -0.1) is 0 Å². The van der Waals surface area contributed by atoms with Crippen LogP contribution in [0.3, 0.4) is 0 Å². The van der Waals surface area contributed by atoms with Gasteiger partial charge in [0.1, 0.15) is 0 Å². The molecule has 0 aliphatic rings. The van der Waals surface area contributed by atoms with E-state index in [4.69, 9.17) is 0 Å². The lowest BCUT2D eigenvalue weighted by atomic mass is 9.82. The van der Waals surface area contributed by atoms with E-state index < -0.39 is 0 Å². The third-order valence-electron chi connectivity index (χ3n) is 6.01. The Morgan fingerprint density at radius 2 is 0.654 bits per heavy atom. The molecule has 0 spiro atoms. The van der Waals surface area contributed by atoms with Crippen LogP contribution in [0.1, 0.15) is 150 Å². The molecule has 0 fully saturated rings. The van der Waals surface area contributed by atoms with E-state index in [1.165, 1.54) is 122 Å². The van der Waals surface area contributed by atoms with E-state index in [-0.39, 0.29) is 0 Å². The van der Waals surface area contributed by atoms with Gasteiger partial charge in [0.2, 0.25) is 0 Å². The first kappa shape index (κ1) is 26.0. The Labute approximate surface area is 168 Å². The summed E-state index contributed by atoms with van der Waals surface area (Å²) < 4.78 is 0. The van der Waals surface area contributed by atoms with Crippen molar-refractivity contribution in [1.82, 2.24) is 0 Å². The zero-order valence-electron chi connectivity index (χ0n) is 19.2. The summed E-state index contributed by atoms with van der Waals surface area (Å²) in [5.74, 6) is 1.81. The van der Waals surface area contributed by atoms with Crippen LogP contribution in [0, 0.1) is 18.3 Å². The van der Waals surface area contributed by atoms with Crippen molar-refractivity contribution in [2.24, 2.45) is 11.8 Å². The zero-order valence-corrected chi connectivity index (χ0v) is 19.2. The predicted octanol–water partition coefficient (Wildman–Crippen LogP) is 9.91. The number of hydrogen-bond acceptors (Lipinski definition) is 0. The summed E-state index contributed by atoms with van der Waals surface area (Å²) in [6.45, 7) is 9.32. The van der Waals surface area contributed by atoms with Gasteiger partial charge in [-0.1, -0.05) is 150 Å². The van der Waals surface area contributed by atoms with Crippen LogP contribution < -0.4 is 0 Å². The Balaban J connectivity index is 4.31. The highest BCUT2D eigenvalue weighted by atomic mass is 14.2. The second kappa shape index (κ2) is 21.3. The van der Waals surface area contributed by atoms with Gasteiger partial charge in [-0.2, -0.15) is 0 Å². The fraction of sp³-hybridized carbons (Fsp3) is 0.962. The monoisotopic (exact) mass is 365 g/mol. The van der Waals surface area contributed by atoms with Gasteiger partial charge in [0, 0.05) is 0 Å². The summed E-state index contributed by atoms with van der Waals surface area (Å²) in [5, 5.41) is 0. The maximum absolute atomic E-state index is 2.84. The maximum atomic E-state index is 2.84. The zero-order chi connectivity index (χ0) is 19.3. The second-order valence-corrected chi connectivity index (χ2v) is 8.76. The van der Waals surface area contributed by atoms with Gasteiger partial charge in [-0.05, 0) is 18.3 Å². The molecule has 157 valence electrons. The highest BCUT2D eigenvalue weighted by molar-refractivity contribution is 4.84. The summed E-state index contributed by atoms with van der Waals surface area (Å²) in [7, 11) is 0. The molecule has 0 N–H and O–H groups in total. The highest BCUT2D eigenvalue weighted by Gasteiger charge is 2.16. The Morgan fingerprint density at radius 1 is 0.385 bits per heavy atom. The molecule has 0 saturated heterocycles. The summed E-state index contributed by atoms with van der Waals surface area (Å²) in [6, 6.07) is 0. The van der Waals surface area contributed by atoms with Crippen molar-refractivity contribution in [1.29, 1.82) is 0 Å². The molecule has 1 radical (unpaired) electrons. The van der Waals surface area contributed by atoms with E-state index in [0.717, 1.165) is 11.8 Å². The first-order valence-corrected chi connectivity index (χ1v) is 12.6. The van der Waals surface area contributed by atoms with Crippen LogP contribution in [0.15, 0.2) is 0 Å². The average Bonchev–Trinajstić information content (AvgIpc) is 2.64. The summed E-state index contributed by atoms with van der Waals surface area (Å²) in [5.41, 5.74) is 0. The fourth-order valence-corrected chi connectivity index (χ4v) is 4.21. The molecular weight excluding hydrogens is 312 g/mol. The van der Waals surface area contributed by atoms with Crippen LogP contribution in [0.4, 0.5) is 0 Å². The van der Waals surface area contributed by atoms with Crippen LogP contribution in [-0.2, 0) is 0 Å². The molecule has 0 rings (SSSR count). The van der Waals surface area contributed by atoms with E-state index in [9.17, 15) is 0 Å². The van der Waals surface area contributed by atoms with E-state index in [1.54, 1.807) is 0 Å². The summed E-state index contributed by atoms with van der Waals surface area (Å²) in [4.78, 5) is 0. The number of unbranched alkanes of at least 4 members (excludes halogenated alkanes) is 11. The normalized spacial score (nSPS) is 12.8. The number of hydrogen-bond donors (Lipinski definition) is 0. The average molecular weight is 366 g/mol. The molecule has 0 nitrogen and oxygen atoms in total. The Bertz CT molecular complexity index is 234. The minimum atomic E-state index is 0.903. The van der Waals surface area contributed by atoms with Crippen molar-refractivity contribution in [3.8, 4) is 0 Å². The molecule has 1 atom stereocenters. The molecule has 0 aromatic heterocycles. The molecule has 0 saturated carbocycles. The lowest BCUT2D eigenvalue weighted by molar-refractivity contribution is 0.368. The third kappa shape index (κ3) is 17.4. The van der Waals surface area contributed by atoms with Crippen molar-refractivity contribution in [2.45, 2.75) is 150 Å². The van der Waals surface area contributed by atoms with Crippen LogP contribution >= 0.6 is 0 Å². The van der Waals surface area contributed by atoms with Gasteiger partial charge >= 0.3 is 0 Å². The van der Waals surface area contributed by atoms with Crippen molar-refractivity contribution < 1.29 is 0 Å². The van der Waals surface area contributed by atoms with Crippen LogP contribution in [0.2, 0.25) is 0 Å². The van der Waals surface area contributed by atoms with Crippen molar-refractivity contribution in [3.63, 3.8) is 0 Å². The van der Waals surface area contributed by atoms with Crippen molar-refractivity contribution >= 4 is 0 Å². The first-order valence-electron chi connectivity index (χ1n) is 12.6. The van der Waals surface area contributed by atoms with E-state index in [0.29, 0.717) is 0 Å². The summed E-state index contributed by atoms with van der Waals surface area (Å²) >= 11 is 0. The SMILES string of the molecule is CCCCCCCCC([CH]C(CCCCC)CCCCC)CCCCC. The molecule has 0 aliphatic heterocycles. The van der Waals surface area contributed by atoms with E-state index in [2.05, 4.69) is 34.1 Å². The molecule has 0 heteroatoms. The minimum absolute atomic E-state index is 0.903. The fourth-order valence-electron chi connectivity index (χ4n) is 4.21. The maximum Gasteiger partial charge on any atom is -0.0324 e. The number of rotatable bonds is 21. The highest BCUT2D eigenvalue weighted by Crippen LogP contribution is 2.29. The van der Waals surface area contributed by atoms with Crippen LogP contribution in [0.5, 0.6) is 0 Å². The smallest absolute Gasteiger partial charge is 0.0324 e. The van der Waals surface area contributed by atoms with Gasteiger partial charge in [0.05, 0.1) is 0 Å². The van der Waals surface area contributed by atoms with Gasteiger partial charge in [-0.3, -0.25) is 0 Å². The Kier molecular flexibility index (Phi) is 21.3. The molecule has 0 amide bonds. The molecule has 26 heavy (non-hydrogen) atoms. The van der Waals surface area contributed by atoms with Crippen LogP contribution in [-0.4, -0.2) is 0 Å². The minimum Gasteiger partial charge on any atom is -0.0654 e. The summed E-state index contributed by atoms with van der Waals surface area (Å²) in [6.07, 6.45) is 30.0. The molecule has 0 aliphatic carbocycles. The molecule has 0 bridgehead atoms. The van der Waals surface area contributed by atoms with Gasteiger partial charge < -0.3 is 0 Å². The Morgan fingerprint density at radius 3 is 1.04 bits per heavy atom. The lowest BCUT2D eigenvalue weighted by Gasteiger charge is -2.24. The van der Waals surface area contributed by atoms with Gasteiger partial charge in [0.25, 0.3) is 0 Å². The third-order valence-corrected chi connectivity index (χ3v) is 6.01. The van der Waals surface area contributed by atoms with Crippen LogP contribution in [0.25, 0.3) is 0 Å². The van der Waals surface area contributed by atoms with E-state index in [1.807, 2.05) is 0 Å².